The highest BCUT2D eigenvalue weighted by molar-refractivity contribution is 5.64. The number of nitrogens with zero attached hydrogens (tertiary/aromatic N) is 1. The van der Waals surface area contributed by atoms with Gasteiger partial charge in [0.1, 0.15) is 12.6 Å². The number of unbranched alkanes of at least 4 members (excludes halogenated alkanes) is 3. The van der Waals surface area contributed by atoms with E-state index in [2.05, 4.69) is 20.8 Å². The number of carboxylic acids is 1. The van der Waals surface area contributed by atoms with Gasteiger partial charge in [-0.1, -0.05) is 46.5 Å². The Morgan fingerprint density at radius 1 is 1.00 bits per heavy atom. The minimum absolute atomic E-state index is 0.0859. The van der Waals surface area contributed by atoms with Gasteiger partial charge in [0.2, 0.25) is 0 Å². The predicted molar refractivity (Wildman–Crippen MR) is 84.7 cm³/mol. The lowest BCUT2D eigenvalue weighted by Gasteiger charge is -2.40. The predicted octanol–water partition coefficient (Wildman–Crippen LogP) is 2.09. The van der Waals surface area contributed by atoms with Crippen molar-refractivity contribution in [2.24, 2.45) is 0 Å². The van der Waals surface area contributed by atoms with Crippen LogP contribution in [-0.2, 0) is 4.79 Å². The summed E-state index contributed by atoms with van der Waals surface area (Å²) in [6.45, 7) is 9.56. The van der Waals surface area contributed by atoms with Gasteiger partial charge in [-0.05, 0) is 19.3 Å². The number of aliphatic carboxylic acids is 1. The van der Waals surface area contributed by atoms with Crippen molar-refractivity contribution in [1.29, 1.82) is 0 Å². The Morgan fingerprint density at radius 3 is 2.10 bits per heavy atom. The zero-order valence-corrected chi connectivity index (χ0v) is 14.3. The number of aliphatic hydroxyl groups excluding tert-OH is 1. The highest BCUT2D eigenvalue weighted by Gasteiger charge is 2.28. The first-order valence-corrected chi connectivity index (χ1v) is 8.72. The Hall–Kier alpha value is -0.610. The van der Waals surface area contributed by atoms with E-state index < -0.39 is 5.97 Å². The quantitative estimate of drug-likeness (QED) is 0.395. The number of aliphatic hydroxyl groups is 1. The summed E-state index contributed by atoms with van der Waals surface area (Å²) in [7, 11) is 0. The van der Waals surface area contributed by atoms with Gasteiger partial charge in [-0.2, -0.15) is 0 Å². The topological polar surface area (TPSA) is 60.4 Å². The standard InChI is InChI=1S/C17H35NO3/c1-4-7-8-9-10-16(19)15-18(12-5-2,13-6-3)14-11-17(20)21/h16,19H,4-15H2,1-3H3. The molecular weight excluding hydrogens is 266 g/mol. The molecule has 4 heteroatoms. The van der Waals surface area contributed by atoms with Crippen LogP contribution in [0.5, 0.6) is 0 Å². The molecule has 0 fully saturated rings. The summed E-state index contributed by atoms with van der Waals surface area (Å²) in [4.78, 5) is 10.8. The second-order valence-corrected chi connectivity index (χ2v) is 6.32. The van der Waals surface area contributed by atoms with Crippen molar-refractivity contribution in [3.8, 4) is 0 Å². The average molecular weight is 301 g/mol. The Bertz CT molecular complexity index is 263. The summed E-state index contributed by atoms with van der Waals surface area (Å²) in [6, 6.07) is 0. The van der Waals surface area contributed by atoms with Gasteiger partial charge in [0, 0.05) is 12.4 Å². The van der Waals surface area contributed by atoms with Crippen molar-refractivity contribution in [3.05, 3.63) is 0 Å². The number of hydrogen-bond acceptors (Lipinski definition) is 3. The fourth-order valence-corrected chi connectivity index (χ4v) is 3.23. The van der Waals surface area contributed by atoms with E-state index in [9.17, 15) is 15.0 Å². The SMILES string of the molecule is CCCCCCC(O)C[N+](CCC)(CCC)CCC(=O)[O-]. The maximum Gasteiger partial charge on any atom is 0.105 e. The van der Waals surface area contributed by atoms with Crippen LogP contribution in [0.2, 0.25) is 0 Å². The normalized spacial score (nSPS) is 13.3. The molecule has 0 rings (SSSR count). The molecule has 0 aromatic heterocycles. The summed E-state index contributed by atoms with van der Waals surface area (Å²) < 4.78 is 0.718. The first kappa shape index (κ1) is 20.4. The van der Waals surface area contributed by atoms with E-state index in [1.807, 2.05) is 0 Å². The number of carboxylic acid groups (broad SMARTS) is 1. The van der Waals surface area contributed by atoms with Crippen LogP contribution >= 0.6 is 0 Å². The third kappa shape index (κ3) is 9.86. The molecule has 0 saturated carbocycles. The van der Waals surface area contributed by atoms with Crippen LogP contribution in [0.4, 0.5) is 0 Å². The molecule has 0 amide bonds. The first-order valence-electron chi connectivity index (χ1n) is 8.72. The van der Waals surface area contributed by atoms with E-state index in [0.29, 0.717) is 13.1 Å². The molecule has 0 radical (unpaired) electrons. The number of rotatable bonds is 14. The molecule has 0 spiro atoms. The van der Waals surface area contributed by atoms with Gasteiger partial charge in [0.15, 0.2) is 0 Å². The van der Waals surface area contributed by atoms with Crippen LogP contribution < -0.4 is 5.11 Å². The highest BCUT2D eigenvalue weighted by Crippen LogP contribution is 2.16. The third-order valence-corrected chi connectivity index (χ3v) is 4.18. The molecule has 4 nitrogen and oxygen atoms in total. The second-order valence-electron chi connectivity index (χ2n) is 6.32. The van der Waals surface area contributed by atoms with Gasteiger partial charge in [-0.3, -0.25) is 0 Å². The lowest BCUT2D eigenvalue weighted by atomic mass is 10.1. The van der Waals surface area contributed by atoms with Gasteiger partial charge >= 0.3 is 0 Å². The van der Waals surface area contributed by atoms with Crippen molar-refractivity contribution in [1.82, 2.24) is 0 Å². The summed E-state index contributed by atoms with van der Waals surface area (Å²) in [5.74, 6) is -0.984. The largest absolute Gasteiger partial charge is 0.550 e. The molecular formula is C17H35NO3. The fourth-order valence-electron chi connectivity index (χ4n) is 3.23. The molecule has 0 aromatic carbocycles. The maximum absolute atomic E-state index is 10.8. The van der Waals surface area contributed by atoms with Gasteiger partial charge < -0.3 is 19.5 Å². The monoisotopic (exact) mass is 301 g/mol. The molecule has 0 bridgehead atoms. The smallest absolute Gasteiger partial charge is 0.105 e. The fraction of sp³-hybridized carbons (Fsp3) is 0.941. The van der Waals surface area contributed by atoms with Crippen LogP contribution in [0, 0.1) is 0 Å². The molecule has 1 atom stereocenters. The Kier molecular flexibility index (Phi) is 11.6. The molecule has 0 aliphatic rings. The second kappa shape index (κ2) is 12.0. The van der Waals surface area contributed by atoms with E-state index >= 15 is 0 Å². The van der Waals surface area contributed by atoms with Crippen molar-refractivity contribution >= 4 is 5.97 Å². The van der Waals surface area contributed by atoms with E-state index in [0.717, 1.165) is 43.3 Å². The van der Waals surface area contributed by atoms with Crippen LogP contribution in [-0.4, -0.2) is 47.8 Å². The van der Waals surface area contributed by atoms with E-state index in [1.54, 1.807) is 0 Å². The number of carbonyl (C=O) groups excluding carboxylic acids is 1. The lowest BCUT2D eigenvalue weighted by molar-refractivity contribution is -0.930. The van der Waals surface area contributed by atoms with Crippen LogP contribution in [0.15, 0.2) is 0 Å². The zero-order chi connectivity index (χ0) is 16.1. The zero-order valence-electron chi connectivity index (χ0n) is 14.3. The van der Waals surface area contributed by atoms with Crippen molar-refractivity contribution in [2.75, 3.05) is 26.2 Å². The average Bonchev–Trinajstić information content (AvgIpc) is 2.42. The van der Waals surface area contributed by atoms with Gasteiger partial charge in [0.25, 0.3) is 0 Å². The molecule has 0 aliphatic carbocycles. The Balaban J connectivity index is 4.49. The first-order chi connectivity index (χ1) is 9.99. The maximum atomic E-state index is 10.8. The number of quaternary nitrogens is 1. The molecule has 0 heterocycles. The van der Waals surface area contributed by atoms with Crippen molar-refractivity contribution in [2.45, 2.75) is 78.2 Å². The summed E-state index contributed by atoms with van der Waals surface area (Å²) in [5, 5.41) is 21.1. The molecule has 0 aliphatic heterocycles. The van der Waals surface area contributed by atoms with Crippen molar-refractivity contribution < 1.29 is 19.5 Å². The third-order valence-electron chi connectivity index (χ3n) is 4.18. The van der Waals surface area contributed by atoms with Gasteiger partial charge in [-0.15, -0.1) is 0 Å². The molecule has 0 aromatic rings. The van der Waals surface area contributed by atoms with Crippen LogP contribution in [0.1, 0.15) is 72.1 Å². The summed E-state index contributed by atoms with van der Waals surface area (Å²) in [5.41, 5.74) is 0. The van der Waals surface area contributed by atoms with Gasteiger partial charge in [-0.25, -0.2) is 0 Å². The summed E-state index contributed by atoms with van der Waals surface area (Å²) >= 11 is 0. The number of carbonyl (C=O) groups is 1. The highest BCUT2D eigenvalue weighted by atomic mass is 16.4. The lowest BCUT2D eigenvalue weighted by Crippen LogP contribution is -2.54. The minimum Gasteiger partial charge on any atom is -0.550 e. The van der Waals surface area contributed by atoms with E-state index in [-0.39, 0.29) is 12.5 Å². The molecule has 1 unspecified atom stereocenters. The molecule has 1 N–H and O–H groups in total. The molecule has 21 heavy (non-hydrogen) atoms. The van der Waals surface area contributed by atoms with Crippen LogP contribution in [0.25, 0.3) is 0 Å². The van der Waals surface area contributed by atoms with E-state index in [1.165, 1.54) is 19.3 Å². The van der Waals surface area contributed by atoms with Crippen LogP contribution in [0.3, 0.4) is 0 Å². The minimum atomic E-state index is -0.984. The van der Waals surface area contributed by atoms with Crippen molar-refractivity contribution in [3.63, 3.8) is 0 Å². The molecule has 126 valence electrons. The molecule has 0 saturated heterocycles. The summed E-state index contributed by atoms with van der Waals surface area (Å²) in [6.07, 6.45) is 7.28. The van der Waals surface area contributed by atoms with Gasteiger partial charge in [0.05, 0.1) is 19.6 Å². The Labute approximate surface area is 130 Å². The number of hydrogen-bond donors (Lipinski definition) is 1. The van der Waals surface area contributed by atoms with E-state index in [4.69, 9.17) is 0 Å². The Morgan fingerprint density at radius 2 is 1.62 bits per heavy atom.